The summed E-state index contributed by atoms with van der Waals surface area (Å²) in [6.07, 6.45) is 3.95. The second-order valence-corrected chi connectivity index (χ2v) is 34.6. The van der Waals surface area contributed by atoms with E-state index in [1.54, 1.807) is 0 Å². The molecule has 0 bridgehead atoms. The SMILES string of the molecule is CC(C)(C)c1ccc(OP(=O)(Oc2ccc(C(C)(C)C)cc2C(C)(C)C)C2(P(=O)(Oc3ccc(C(C)(C)C)cc3C(C)(C)C)Oc3ccc(C(C)(C)C)cc3C(C)(C)C)CC=CC3=C2c2ccccc23)c(C(C)(C)C)c1. The number of rotatable bonds is 10. The van der Waals surface area contributed by atoms with Gasteiger partial charge in [-0.25, -0.2) is 9.13 Å². The maximum atomic E-state index is 18.5. The highest BCUT2D eigenvalue weighted by Gasteiger charge is 2.74. The fourth-order valence-electron chi connectivity index (χ4n) is 10.4. The monoisotopic (exact) mass is 1070 g/mol. The third-order valence-corrected chi connectivity index (χ3v) is 21.1. The van der Waals surface area contributed by atoms with Crippen molar-refractivity contribution in [2.75, 3.05) is 0 Å². The summed E-state index contributed by atoms with van der Waals surface area (Å²) in [6.45, 7) is 51.9. The minimum atomic E-state index is -5.07. The Kier molecular flexibility index (Phi) is 14.9. The topological polar surface area (TPSA) is 71.1 Å². The van der Waals surface area contributed by atoms with Crippen LogP contribution in [0.15, 0.2) is 109 Å². The van der Waals surface area contributed by atoms with Gasteiger partial charge in [0, 0.05) is 34.2 Å². The van der Waals surface area contributed by atoms with Gasteiger partial charge in [-0.15, -0.1) is 0 Å². The minimum Gasteiger partial charge on any atom is -0.415 e. The molecule has 6 nitrogen and oxygen atoms in total. The summed E-state index contributed by atoms with van der Waals surface area (Å²) in [7, 11) is -10.1. The number of fused-ring (bicyclic) bond motifs is 3. The highest BCUT2D eigenvalue weighted by Crippen LogP contribution is 2.84. The van der Waals surface area contributed by atoms with Gasteiger partial charge in [0.25, 0.3) is 0 Å². The molecule has 0 saturated heterocycles. The normalized spacial score (nSPS) is 15.7. The van der Waals surface area contributed by atoms with E-state index in [9.17, 15) is 0 Å². The van der Waals surface area contributed by atoms with Crippen molar-refractivity contribution in [3.63, 3.8) is 0 Å². The molecule has 5 aromatic carbocycles. The molecule has 0 spiro atoms. The summed E-state index contributed by atoms with van der Waals surface area (Å²) in [5, 5.41) is 0. The van der Waals surface area contributed by atoms with E-state index < -0.39 is 41.7 Å². The van der Waals surface area contributed by atoms with Crippen molar-refractivity contribution in [2.45, 2.75) is 221 Å². The highest BCUT2D eigenvalue weighted by atomic mass is 31.2. The molecule has 0 heterocycles. The van der Waals surface area contributed by atoms with Crippen molar-refractivity contribution < 1.29 is 27.2 Å². The molecule has 0 aromatic heterocycles. The van der Waals surface area contributed by atoms with Gasteiger partial charge in [-0.2, -0.15) is 0 Å². The molecule has 0 fully saturated rings. The van der Waals surface area contributed by atoms with E-state index in [-0.39, 0.29) is 28.1 Å². The Morgan fingerprint density at radius 1 is 0.355 bits per heavy atom. The van der Waals surface area contributed by atoms with Crippen LogP contribution in [0.25, 0.3) is 11.1 Å². The molecule has 410 valence electrons. The second kappa shape index (κ2) is 19.3. The maximum Gasteiger partial charge on any atom is 0.456 e. The van der Waals surface area contributed by atoms with Crippen LogP contribution >= 0.6 is 15.2 Å². The van der Waals surface area contributed by atoms with Gasteiger partial charge in [0.1, 0.15) is 23.0 Å². The minimum absolute atomic E-state index is 0.0690. The average molecular weight is 1070 g/mol. The van der Waals surface area contributed by atoms with Crippen LogP contribution in [0.1, 0.15) is 228 Å². The lowest BCUT2D eigenvalue weighted by molar-refractivity contribution is 0.331. The molecule has 0 amide bonds. The van der Waals surface area contributed by atoms with Crippen molar-refractivity contribution in [3.8, 4) is 23.0 Å². The van der Waals surface area contributed by atoms with Crippen molar-refractivity contribution in [1.29, 1.82) is 0 Å². The van der Waals surface area contributed by atoms with Gasteiger partial charge in [-0.1, -0.05) is 251 Å². The van der Waals surface area contributed by atoms with Crippen molar-refractivity contribution >= 4 is 26.3 Å². The molecule has 0 saturated carbocycles. The van der Waals surface area contributed by atoms with Gasteiger partial charge >= 0.3 is 15.2 Å². The summed E-state index contributed by atoms with van der Waals surface area (Å²) in [4.78, 5) is -2.14. The fourth-order valence-corrected chi connectivity index (χ4v) is 16.1. The standard InChI is InChI=1S/C68H92O6P2/c1-60(2,3)44-31-35-55(51(40-44)64(13,14)15)71-75(69,72-56-36-32-45(61(4,5)6)41-52(56)65(16,17)18)68(39-27-30-50-48-28-25-26-29-49(48)59(50)68)76(70,73-57-37-33-46(62(7,8)9)42-53(57)66(19,20)21)74-58-38-34-47(63(10,11)12)43-54(58)67(22,23)24/h25-38,40-43H,39H2,1-24H3. The first-order valence-electron chi connectivity index (χ1n) is 27.5. The number of benzene rings is 5. The van der Waals surface area contributed by atoms with E-state index in [0.29, 0.717) is 28.6 Å². The van der Waals surface area contributed by atoms with E-state index >= 15 is 9.13 Å². The Morgan fingerprint density at radius 3 is 0.868 bits per heavy atom. The molecular formula is C68H92O6P2. The Balaban J connectivity index is 1.70. The molecule has 0 atom stereocenters. The Hall–Kier alpha value is -4.76. The van der Waals surface area contributed by atoms with Gasteiger partial charge in [0.05, 0.1) is 0 Å². The summed E-state index contributed by atoms with van der Waals surface area (Å²) in [6, 6.07) is 32.7. The number of hydrogen-bond acceptors (Lipinski definition) is 6. The lowest BCUT2D eigenvalue weighted by Gasteiger charge is -2.48. The lowest BCUT2D eigenvalue weighted by atomic mass is 9.75. The molecule has 2 aliphatic carbocycles. The molecule has 0 radical (unpaired) electrons. The van der Waals surface area contributed by atoms with Crippen LogP contribution < -0.4 is 18.1 Å². The van der Waals surface area contributed by atoms with Crippen LogP contribution in [0, 0.1) is 0 Å². The zero-order valence-electron chi connectivity index (χ0n) is 50.9. The zero-order chi connectivity index (χ0) is 57.0. The Bertz CT molecular complexity index is 2860. The average Bonchev–Trinajstić information content (AvgIpc) is 3.25. The molecule has 8 heteroatoms. The van der Waals surface area contributed by atoms with Gasteiger partial charge in [-0.3, -0.25) is 0 Å². The van der Waals surface area contributed by atoms with Crippen LogP contribution in [0.3, 0.4) is 0 Å². The predicted molar refractivity (Wildman–Crippen MR) is 323 cm³/mol. The van der Waals surface area contributed by atoms with E-state index in [1.807, 2.05) is 48.5 Å². The third kappa shape index (κ3) is 11.3. The molecule has 7 rings (SSSR count). The van der Waals surface area contributed by atoms with Crippen LogP contribution in [0.5, 0.6) is 23.0 Å². The van der Waals surface area contributed by atoms with Crippen molar-refractivity contribution in [1.82, 2.24) is 0 Å². The van der Waals surface area contributed by atoms with E-state index in [2.05, 4.69) is 227 Å². The van der Waals surface area contributed by atoms with Gasteiger partial charge in [0.2, 0.25) is 4.90 Å². The first-order chi connectivity index (χ1) is 34.4. The predicted octanol–water partition coefficient (Wildman–Crippen LogP) is 20.6. The molecule has 5 aromatic rings. The van der Waals surface area contributed by atoms with Crippen LogP contribution in [-0.4, -0.2) is 4.90 Å². The van der Waals surface area contributed by atoms with E-state index in [1.165, 1.54) is 0 Å². The Labute approximate surface area is 460 Å². The maximum absolute atomic E-state index is 18.5. The third-order valence-electron chi connectivity index (χ3n) is 15.2. The molecule has 0 aliphatic heterocycles. The first kappa shape index (κ1) is 58.9. The van der Waals surface area contributed by atoms with Gasteiger partial charge in [-0.05, 0) is 107 Å². The summed E-state index contributed by atoms with van der Waals surface area (Å²) in [5.74, 6) is 1.49. The second-order valence-electron chi connectivity index (χ2n) is 30.0. The zero-order valence-corrected chi connectivity index (χ0v) is 52.7. The molecule has 0 unspecified atom stereocenters. The molecule has 0 N–H and O–H groups in total. The lowest BCUT2D eigenvalue weighted by Crippen LogP contribution is -2.42. The summed E-state index contributed by atoms with van der Waals surface area (Å²) in [5.41, 5.74) is 8.00. The van der Waals surface area contributed by atoms with Crippen molar-refractivity contribution in [3.05, 3.63) is 165 Å². The Morgan fingerprint density at radius 2 is 0.618 bits per heavy atom. The molecule has 76 heavy (non-hydrogen) atoms. The number of allylic oxidation sites excluding steroid dienone is 4. The van der Waals surface area contributed by atoms with Crippen LogP contribution in [0.4, 0.5) is 0 Å². The van der Waals surface area contributed by atoms with Gasteiger partial charge in [0.15, 0.2) is 0 Å². The van der Waals surface area contributed by atoms with Crippen LogP contribution in [0.2, 0.25) is 0 Å². The van der Waals surface area contributed by atoms with Gasteiger partial charge < -0.3 is 18.1 Å². The van der Waals surface area contributed by atoms with Crippen molar-refractivity contribution in [2.24, 2.45) is 0 Å². The highest BCUT2D eigenvalue weighted by molar-refractivity contribution is 7.76. The quantitative estimate of drug-likeness (QED) is 0.130. The number of hydrogen-bond donors (Lipinski definition) is 0. The van der Waals surface area contributed by atoms with E-state index in [4.69, 9.17) is 18.1 Å². The molecule has 2 aliphatic rings. The first-order valence-corrected chi connectivity index (χ1v) is 30.6. The largest absolute Gasteiger partial charge is 0.456 e. The fraction of sp³-hybridized carbons (Fsp3) is 0.500. The smallest absolute Gasteiger partial charge is 0.415 e. The van der Waals surface area contributed by atoms with E-state index in [0.717, 1.165) is 61.2 Å². The summed E-state index contributed by atoms with van der Waals surface area (Å²) < 4.78 is 67.3. The summed E-state index contributed by atoms with van der Waals surface area (Å²) >= 11 is 0. The molecular weight excluding hydrogens is 975 g/mol. The van der Waals surface area contributed by atoms with Crippen LogP contribution in [-0.2, 0) is 52.5 Å².